The Morgan fingerprint density at radius 1 is 1.18 bits per heavy atom. The first-order valence-corrected chi connectivity index (χ1v) is 7.86. The van der Waals surface area contributed by atoms with Crippen molar-refractivity contribution in [2.75, 3.05) is 0 Å². The Kier molecular flexibility index (Phi) is 4.67. The van der Waals surface area contributed by atoms with Gasteiger partial charge in [0.15, 0.2) is 0 Å². The molecule has 1 aromatic rings. The summed E-state index contributed by atoms with van der Waals surface area (Å²) in [6.45, 7) is 4.55. The summed E-state index contributed by atoms with van der Waals surface area (Å²) in [4.78, 5) is 0.554. The summed E-state index contributed by atoms with van der Waals surface area (Å²) in [5.41, 5.74) is 2.92. The molecule has 0 radical (unpaired) electrons. The van der Waals surface area contributed by atoms with Crippen molar-refractivity contribution in [1.29, 1.82) is 0 Å². The highest BCUT2D eigenvalue weighted by Gasteiger charge is 2.21. The minimum Gasteiger partial charge on any atom is -0.0839 e. The molecule has 17 heavy (non-hydrogen) atoms. The standard InChI is InChI=1S/C16H23Br/c1-3-12(2)14-7-9-15(10-8-14)16(17)11-13-5-4-6-13/h7-10,12-13,16H,3-6,11H2,1-2H3. The molecule has 1 aromatic carbocycles. The van der Waals surface area contributed by atoms with Crippen LogP contribution in [0.5, 0.6) is 0 Å². The summed E-state index contributed by atoms with van der Waals surface area (Å²) in [6, 6.07) is 9.22. The quantitative estimate of drug-likeness (QED) is 0.600. The van der Waals surface area contributed by atoms with E-state index in [9.17, 15) is 0 Å². The fourth-order valence-corrected chi connectivity index (χ4v) is 3.26. The minimum atomic E-state index is 0.554. The zero-order valence-corrected chi connectivity index (χ0v) is 12.5. The van der Waals surface area contributed by atoms with Crippen LogP contribution >= 0.6 is 15.9 Å². The maximum atomic E-state index is 3.84. The van der Waals surface area contributed by atoms with Crippen molar-refractivity contribution < 1.29 is 0 Å². The Morgan fingerprint density at radius 3 is 2.24 bits per heavy atom. The summed E-state index contributed by atoms with van der Waals surface area (Å²) >= 11 is 3.84. The zero-order chi connectivity index (χ0) is 12.3. The predicted molar refractivity (Wildman–Crippen MR) is 78.8 cm³/mol. The minimum absolute atomic E-state index is 0.554. The van der Waals surface area contributed by atoms with Crippen molar-refractivity contribution in [2.24, 2.45) is 5.92 Å². The second kappa shape index (κ2) is 6.04. The topological polar surface area (TPSA) is 0 Å². The number of hydrogen-bond donors (Lipinski definition) is 0. The van der Waals surface area contributed by atoms with Gasteiger partial charge in [-0.15, -0.1) is 0 Å². The number of benzene rings is 1. The molecule has 0 saturated heterocycles. The van der Waals surface area contributed by atoms with Crippen molar-refractivity contribution in [3.63, 3.8) is 0 Å². The Bertz CT molecular complexity index is 337. The molecule has 1 aliphatic carbocycles. The van der Waals surface area contributed by atoms with Gasteiger partial charge >= 0.3 is 0 Å². The van der Waals surface area contributed by atoms with Crippen molar-refractivity contribution in [1.82, 2.24) is 0 Å². The van der Waals surface area contributed by atoms with Gasteiger partial charge in [0.2, 0.25) is 0 Å². The van der Waals surface area contributed by atoms with Gasteiger partial charge in [0.25, 0.3) is 0 Å². The highest BCUT2D eigenvalue weighted by Crippen LogP contribution is 2.38. The van der Waals surface area contributed by atoms with E-state index in [-0.39, 0.29) is 0 Å². The van der Waals surface area contributed by atoms with Gasteiger partial charge in [-0.05, 0) is 35.8 Å². The van der Waals surface area contributed by atoms with E-state index in [1.54, 1.807) is 0 Å². The second-order valence-corrected chi connectivity index (χ2v) is 6.58. The van der Waals surface area contributed by atoms with E-state index in [0.717, 1.165) is 5.92 Å². The predicted octanol–water partition coefficient (Wildman–Crippen LogP) is 5.83. The molecule has 94 valence electrons. The Labute approximate surface area is 114 Å². The smallest absolute Gasteiger partial charge is 0.0397 e. The van der Waals surface area contributed by atoms with Crippen LogP contribution < -0.4 is 0 Å². The maximum Gasteiger partial charge on any atom is 0.0397 e. The molecule has 2 atom stereocenters. The van der Waals surface area contributed by atoms with Crippen LogP contribution in [0.4, 0.5) is 0 Å². The summed E-state index contributed by atoms with van der Waals surface area (Å²) in [5.74, 6) is 1.65. The molecule has 1 aliphatic rings. The highest BCUT2D eigenvalue weighted by molar-refractivity contribution is 9.09. The first-order chi connectivity index (χ1) is 8.20. The average Bonchev–Trinajstić information content (AvgIpc) is 2.32. The Hall–Kier alpha value is -0.300. The van der Waals surface area contributed by atoms with Crippen molar-refractivity contribution in [3.8, 4) is 0 Å². The van der Waals surface area contributed by atoms with Crippen LogP contribution in [0, 0.1) is 5.92 Å². The van der Waals surface area contributed by atoms with E-state index < -0.39 is 0 Å². The molecule has 1 heteroatoms. The van der Waals surface area contributed by atoms with Gasteiger partial charge in [0.1, 0.15) is 0 Å². The Morgan fingerprint density at radius 2 is 1.76 bits per heavy atom. The van der Waals surface area contributed by atoms with Gasteiger partial charge in [-0.1, -0.05) is 73.3 Å². The lowest BCUT2D eigenvalue weighted by molar-refractivity contribution is 0.295. The van der Waals surface area contributed by atoms with Gasteiger partial charge in [0, 0.05) is 4.83 Å². The highest BCUT2D eigenvalue weighted by atomic mass is 79.9. The number of hydrogen-bond acceptors (Lipinski definition) is 0. The van der Waals surface area contributed by atoms with Gasteiger partial charge in [-0.2, -0.15) is 0 Å². The zero-order valence-electron chi connectivity index (χ0n) is 11.0. The van der Waals surface area contributed by atoms with Gasteiger partial charge < -0.3 is 0 Å². The third kappa shape index (κ3) is 3.34. The molecule has 0 N–H and O–H groups in total. The van der Waals surface area contributed by atoms with Crippen molar-refractivity contribution >= 4 is 15.9 Å². The molecule has 1 saturated carbocycles. The van der Waals surface area contributed by atoms with Crippen LogP contribution in [-0.4, -0.2) is 0 Å². The van der Waals surface area contributed by atoms with Crippen LogP contribution in [0.3, 0.4) is 0 Å². The molecule has 0 aliphatic heterocycles. The molecule has 2 unspecified atom stereocenters. The Balaban J connectivity index is 1.96. The van der Waals surface area contributed by atoms with E-state index in [1.807, 2.05) is 0 Å². The number of halogens is 1. The van der Waals surface area contributed by atoms with E-state index in [2.05, 4.69) is 54.0 Å². The lowest BCUT2D eigenvalue weighted by Crippen LogP contribution is -2.12. The average molecular weight is 295 g/mol. The molecule has 0 bridgehead atoms. The summed E-state index contributed by atoms with van der Waals surface area (Å²) in [5, 5.41) is 0. The van der Waals surface area contributed by atoms with Crippen LogP contribution in [0.25, 0.3) is 0 Å². The van der Waals surface area contributed by atoms with Crippen LogP contribution in [-0.2, 0) is 0 Å². The maximum absolute atomic E-state index is 3.84. The van der Waals surface area contributed by atoms with Gasteiger partial charge in [0.05, 0.1) is 0 Å². The first kappa shape index (κ1) is 13.1. The third-order valence-corrected chi connectivity index (χ3v) is 5.15. The largest absolute Gasteiger partial charge is 0.0839 e. The third-order valence-electron chi connectivity index (χ3n) is 4.24. The summed E-state index contributed by atoms with van der Waals surface area (Å²) in [6.07, 6.45) is 6.85. The molecule has 0 amide bonds. The molecule has 1 fully saturated rings. The number of alkyl halides is 1. The summed E-state index contributed by atoms with van der Waals surface area (Å²) in [7, 11) is 0. The molecular weight excluding hydrogens is 272 g/mol. The van der Waals surface area contributed by atoms with E-state index in [4.69, 9.17) is 0 Å². The van der Waals surface area contributed by atoms with Gasteiger partial charge in [-0.25, -0.2) is 0 Å². The van der Waals surface area contributed by atoms with Crippen molar-refractivity contribution in [3.05, 3.63) is 35.4 Å². The SMILES string of the molecule is CCC(C)c1ccc(C(Br)CC2CCC2)cc1. The fourth-order valence-electron chi connectivity index (χ4n) is 2.43. The first-order valence-electron chi connectivity index (χ1n) is 6.94. The normalized spacial score (nSPS) is 19.7. The molecule has 2 rings (SSSR count). The molecule has 0 aromatic heterocycles. The molecular formula is C16H23Br. The summed E-state index contributed by atoms with van der Waals surface area (Å²) < 4.78 is 0. The fraction of sp³-hybridized carbons (Fsp3) is 0.625. The monoisotopic (exact) mass is 294 g/mol. The molecule has 0 spiro atoms. The number of rotatable bonds is 5. The second-order valence-electron chi connectivity index (χ2n) is 5.48. The van der Waals surface area contributed by atoms with Gasteiger partial charge in [-0.3, -0.25) is 0 Å². The van der Waals surface area contributed by atoms with Crippen LogP contribution in [0.2, 0.25) is 0 Å². The lowest BCUT2D eigenvalue weighted by atomic mass is 9.81. The molecule has 0 heterocycles. The lowest BCUT2D eigenvalue weighted by Gasteiger charge is -2.27. The van der Waals surface area contributed by atoms with Crippen LogP contribution in [0.1, 0.15) is 67.8 Å². The van der Waals surface area contributed by atoms with E-state index in [0.29, 0.717) is 10.7 Å². The van der Waals surface area contributed by atoms with Crippen molar-refractivity contribution in [2.45, 2.75) is 56.7 Å². The van der Waals surface area contributed by atoms with E-state index in [1.165, 1.54) is 43.2 Å². The van der Waals surface area contributed by atoms with Crippen LogP contribution in [0.15, 0.2) is 24.3 Å². The van der Waals surface area contributed by atoms with E-state index >= 15 is 0 Å². The molecule has 0 nitrogen and oxygen atoms in total.